The summed E-state index contributed by atoms with van der Waals surface area (Å²) < 4.78 is 19.9. The molecular weight excluding hydrogens is 485 g/mol. The monoisotopic (exact) mass is 511 g/mol. The number of rotatable bonds is 5. The third-order valence-corrected chi connectivity index (χ3v) is 6.54. The molecule has 10 heteroatoms. The Labute approximate surface area is 218 Å². The number of halogens is 1. The van der Waals surface area contributed by atoms with E-state index in [-0.39, 0.29) is 5.56 Å². The molecule has 6 rings (SSSR count). The molecule has 0 atom stereocenters. The average molecular weight is 512 g/mol. The number of carbonyl (C=O) groups excluding carboxylic acids is 1. The Kier molecular flexibility index (Phi) is 6.09. The molecule has 3 aromatic carbocycles. The number of anilines is 4. The van der Waals surface area contributed by atoms with Gasteiger partial charge < -0.3 is 25.3 Å². The Morgan fingerprint density at radius 1 is 1.05 bits per heavy atom. The number of morpholine rings is 1. The summed E-state index contributed by atoms with van der Waals surface area (Å²) >= 11 is 0. The lowest BCUT2D eigenvalue weighted by Gasteiger charge is -2.29. The fourth-order valence-electron chi connectivity index (χ4n) is 4.71. The summed E-state index contributed by atoms with van der Waals surface area (Å²) in [7, 11) is 0. The molecule has 3 N–H and O–H groups in total. The van der Waals surface area contributed by atoms with Crippen molar-refractivity contribution in [1.82, 2.24) is 19.9 Å². The molecule has 1 aliphatic rings. The summed E-state index contributed by atoms with van der Waals surface area (Å²) in [6.45, 7) is 6.26. The van der Waals surface area contributed by atoms with Gasteiger partial charge in [-0.15, -0.1) is 0 Å². The SMILES string of the molecule is Cc1nc2c(NC(=O)c3cc(F)cc(N4CCOCC4)c3)cc(Nc3ncc4cccc(C)c4n3)cc2[nH]1. The van der Waals surface area contributed by atoms with Gasteiger partial charge in [0.05, 0.1) is 29.9 Å². The van der Waals surface area contributed by atoms with Crippen LogP contribution in [0.1, 0.15) is 21.7 Å². The van der Waals surface area contributed by atoms with Crippen LogP contribution in [0, 0.1) is 19.7 Å². The van der Waals surface area contributed by atoms with Crippen molar-refractivity contribution in [2.75, 3.05) is 41.8 Å². The molecule has 0 unspecified atom stereocenters. The van der Waals surface area contributed by atoms with Crippen molar-refractivity contribution in [3.8, 4) is 0 Å². The Hall–Kier alpha value is -4.57. The minimum Gasteiger partial charge on any atom is -0.378 e. The summed E-state index contributed by atoms with van der Waals surface area (Å²) in [5, 5.41) is 7.12. The van der Waals surface area contributed by atoms with Crippen LogP contribution < -0.4 is 15.5 Å². The summed E-state index contributed by atoms with van der Waals surface area (Å²) in [5.74, 6) is 0.222. The number of aromatic amines is 1. The average Bonchev–Trinajstić information content (AvgIpc) is 3.29. The van der Waals surface area contributed by atoms with E-state index in [9.17, 15) is 9.18 Å². The number of carbonyl (C=O) groups is 1. The molecule has 1 aliphatic heterocycles. The first-order valence-corrected chi connectivity index (χ1v) is 12.4. The third kappa shape index (κ3) is 4.73. The van der Waals surface area contributed by atoms with E-state index in [1.807, 2.05) is 43.0 Å². The molecule has 1 saturated heterocycles. The van der Waals surface area contributed by atoms with Gasteiger partial charge in [0.1, 0.15) is 17.2 Å². The van der Waals surface area contributed by atoms with Crippen LogP contribution in [0.4, 0.5) is 27.4 Å². The minimum absolute atomic E-state index is 0.221. The lowest BCUT2D eigenvalue weighted by Crippen LogP contribution is -2.36. The van der Waals surface area contributed by atoms with Crippen molar-refractivity contribution >= 4 is 50.9 Å². The van der Waals surface area contributed by atoms with E-state index in [4.69, 9.17) is 4.74 Å². The second-order valence-electron chi connectivity index (χ2n) is 9.33. The smallest absolute Gasteiger partial charge is 0.255 e. The van der Waals surface area contributed by atoms with Gasteiger partial charge in [0.2, 0.25) is 5.95 Å². The Bertz CT molecular complexity index is 1680. The van der Waals surface area contributed by atoms with E-state index >= 15 is 0 Å². The lowest BCUT2D eigenvalue weighted by atomic mass is 10.1. The first-order valence-electron chi connectivity index (χ1n) is 12.4. The lowest BCUT2D eigenvalue weighted by molar-refractivity contribution is 0.102. The molecule has 3 heterocycles. The zero-order chi connectivity index (χ0) is 26.2. The van der Waals surface area contributed by atoms with Crippen molar-refractivity contribution in [2.24, 2.45) is 0 Å². The highest BCUT2D eigenvalue weighted by Crippen LogP contribution is 2.29. The van der Waals surface area contributed by atoms with Gasteiger partial charge in [-0.05, 0) is 49.7 Å². The molecule has 1 fully saturated rings. The molecule has 5 aromatic rings. The van der Waals surface area contributed by atoms with Crippen LogP contribution in [0.3, 0.4) is 0 Å². The molecule has 0 aliphatic carbocycles. The fourth-order valence-corrected chi connectivity index (χ4v) is 4.71. The second kappa shape index (κ2) is 9.71. The van der Waals surface area contributed by atoms with Gasteiger partial charge in [0.15, 0.2) is 0 Å². The summed E-state index contributed by atoms with van der Waals surface area (Å²) in [5.41, 5.74) is 5.25. The summed E-state index contributed by atoms with van der Waals surface area (Å²) in [6.07, 6.45) is 1.77. The van der Waals surface area contributed by atoms with Crippen molar-refractivity contribution in [3.05, 3.63) is 77.5 Å². The van der Waals surface area contributed by atoms with Crippen LogP contribution in [0.2, 0.25) is 0 Å². The van der Waals surface area contributed by atoms with Crippen LogP contribution in [-0.2, 0) is 4.74 Å². The van der Waals surface area contributed by atoms with E-state index in [2.05, 4.69) is 30.6 Å². The molecule has 1 amide bonds. The predicted octanol–water partition coefficient (Wildman–Crippen LogP) is 5.09. The van der Waals surface area contributed by atoms with E-state index < -0.39 is 11.7 Å². The molecule has 9 nitrogen and oxygen atoms in total. The summed E-state index contributed by atoms with van der Waals surface area (Å²) in [4.78, 5) is 32.2. The highest BCUT2D eigenvalue weighted by molar-refractivity contribution is 6.09. The van der Waals surface area contributed by atoms with Crippen molar-refractivity contribution in [3.63, 3.8) is 0 Å². The second-order valence-corrected chi connectivity index (χ2v) is 9.33. The largest absolute Gasteiger partial charge is 0.378 e. The maximum Gasteiger partial charge on any atom is 0.255 e. The molecular formula is C28H26FN7O2. The Morgan fingerprint density at radius 3 is 2.74 bits per heavy atom. The molecule has 38 heavy (non-hydrogen) atoms. The number of amides is 1. The number of para-hydroxylation sites is 1. The van der Waals surface area contributed by atoms with E-state index in [1.54, 1.807) is 18.3 Å². The van der Waals surface area contributed by atoms with Crippen molar-refractivity contribution < 1.29 is 13.9 Å². The first kappa shape index (κ1) is 23.8. The number of hydrogen-bond acceptors (Lipinski definition) is 7. The Balaban J connectivity index is 1.32. The summed E-state index contributed by atoms with van der Waals surface area (Å²) in [6, 6.07) is 14.0. The molecule has 0 bridgehead atoms. The van der Waals surface area contributed by atoms with E-state index in [0.29, 0.717) is 60.7 Å². The maximum atomic E-state index is 14.5. The number of H-pyrrole nitrogens is 1. The van der Waals surface area contributed by atoms with Gasteiger partial charge in [-0.2, -0.15) is 0 Å². The number of imidazole rings is 1. The van der Waals surface area contributed by atoms with Gasteiger partial charge in [0.25, 0.3) is 5.91 Å². The number of benzene rings is 3. The maximum absolute atomic E-state index is 14.5. The fraction of sp³-hybridized carbons (Fsp3) is 0.214. The van der Waals surface area contributed by atoms with Gasteiger partial charge in [-0.1, -0.05) is 18.2 Å². The van der Waals surface area contributed by atoms with E-state index in [1.165, 1.54) is 12.1 Å². The Morgan fingerprint density at radius 2 is 1.89 bits per heavy atom. The number of aryl methyl sites for hydroxylation is 2. The zero-order valence-electron chi connectivity index (χ0n) is 21.0. The topological polar surface area (TPSA) is 108 Å². The van der Waals surface area contributed by atoms with E-state index in [0.717, 1.165) is 22.0 Å². The molecule has 0 radical (unpaired) electrons. The van der Waals surface area contributed by atoms with Gasteiger partial charge >= 0.3 is 0 Å². The van der Waals surface area contributed by atoms with Crippen LogP contribution in [0.25, 0.3) is 21.9 Å². The minimum atomic E-state index is -0.473. The number of aromatic nitrogens is 4. The highest BCUT2D eigenvalue weighted by Gasteiger charge is 2.18. The number of nitrogens with one attached hydrogen (secondary N) is 3. The highest BCUT2D eigenvalue weighted by atomic mass is 19.1. The normalized spacial score (nSPS) is 13.7. The number of nitrogens with zero attached hydrogens (tertiary/aromatic N) is 4. The van der Waals surface area contributed by atoms with Crippen LogP contribution >= 0.6 is 0 Å². The van der Waals surface area contributed by atoms with Crippen molar-refractivity contribution in [2.45, 2.75) is 13.8 Å². The molecule has 0 saturated carbocycles. The number of hydrogen-bond donors (Lipinski definition) is 3. The zero-order valence-corrected chi connectivity index (χ0v) is 21.0. The first-order chi connectivity index (χ1) is 18.4. The quantitative estimate of drug-likeness (QED) is 0.301. The van der Waals surface area contributed by atoms with Crippen LogP contribution in [-0.4, -0.2) is 52.1 Å². The number of fused-ring (bicyclic) bond motifs is 2. The van der Waals surface area contributed by atoms with Crippen LogP contribution in [0.15, 0.2) is 54.7 Å². The van der Waals surface area contributed by atoms with Gasteiger partial charge in [-0.25, -0.2) is 19.3 Å². The molecule has 0 spiro atoms. The van der Waals surface area contributed by atoms with Crippen LogP contribution in [0.5, 0.6) is 0 Å². The van der Waals surface area contributed by atoms with Crippen molar-refractivity contribution in [1.29, 1.82) is 0 Å². The third-order valence-electron chi connectivity index (χ3n) is 6.54. The number of ether oxygens (including phenoxy) is 1. The predicted molar refractivity (Wildman–Crippen MR) is 146 cm³/mol. The molecule has 2 aromatic heterocycles. The van der Waals surface area contributed by atoms with Gasteiger partial charge in [0, 0.05) is 41.6 Å². The molecule has 192 valence electrons. The standard InChI is InChI=1S/C28H26FN7O2/c1-16-4-3-5-18-15-30-28(35-25(16)18)33-21-13-23-26(32-17(2)31-23)24(14-21)34-27(37)19-10-20(29)12-22(11-19)36-6-8-38-9-7-36/h3-5,10-15H,6-9H2,1-2H3,(H,31,32)(H,34,37)(H,30,33,35). The van der Waals surface area contributed by atoms with Gasteiger partial charge in [-0.3, -0.25) is 4.79 Å².